The van der Waals surface area contributed by atoms with E-state index in [0.717, 1.165) is 11.8 Å². The highest BCUT2D eigenvalue weighted by atomic mass is 79.9. The van der Waals surface area contributed by atoms with E-state index in [9.17, 15) is 0 Å². The van der Waals surface area contributed by atoms with Crippen LogP contribution in [0.15, 0.2) is 0 Å². The first-order valence-corrected chi connectivity index (χ1v) is 7.68. The highest BCUT2D eigenvalue weighted by molar-refractivity contribution is 9.10. The van der Waals surface area contributed by atoms with Gasteiger partial charge in [0, 0.05) is 10.4 Å². The quantitative estimate of drug-likeness (QED) is 0.780. The van der Waals surface area contributed by atoms with Crippen LogP contribution in [0.25, 0.3) is 0 Å². The summed E-state index contributed by atoms with van der Waals surface area (Å²) in [5.41, 5.74) is 0.677. The molecule has 1 N–H and O–H groups in total. The van der Waals surface area contributed by atoms with E-state index in [2.05, 4.69) is 35.2 Å². The van der Waals surface area contributed by atoms with Crippen LogP contribution in [0.1, 0.15) is 51.9 Å². The van der Waals surface area contributed by atoms with Crippen molar-refractivity contribution in [1.29, 1.82) is 0 Å². The van der Waals surface area contributed by atoms with Gasteiger partial charge in [0.25, 0.3) is 0 Å². The van der Waals surface area contributed by atoms with Crippen molar-refractivity contribution < 1.29 is 0 Å². The molecular formula is C14H24BrN. The molecule has 4 bridgehead atoms. The molecule has 0 amide bonds. The number of halogens is 1. The third kappa shape index (κ3) is 1.86. The Balaban J connectivity index is 1.81. The van der Waals surface area contributed by atoms with E-state index >= 15 is 0 Å². The summed E-state index contributed by atoms with van der Waals surface area (Å²) in [7, 11) is 2.11. The molecule has 0 aromatic heterocycles. The Bertz CT molecular complexity index is 274. The van der Waals surface area contributed by atoms with Crippen molar-refractivity contribution >= 4 is 15.9 Å². The number of hydrogen-bond acceptors (Lipinski definition) is 1. The molecule has 0 aliphatic heterocycles. The van der Waals surface area contributed by atoms with Gasteiger partial charge in [0.1, 0.15) is 0 Å². The average Bonchev–Trinajstić information content (AvgIpc) is 2.12. The molecule has 0 spiro atoms. The molecule has 2 heteroatoms. The summed E-state index contributed by atoms with van der Waals surface area (Å²) >= 11 is 4.08. The first-order chi connectivity index (χ1) is 7.53. The highest BCUT2D eigenvalue weighted by Crippen LogP contribution is 2.65. The summed E-state index contributed by atoms with van der Waals surface area (Å²) in [6, 6.07) is 0.687. The van der Waals surface area contributed by atoms with Gasteiger partial charge in [0.2, 0.25) is 0 Å². The highest BCUT2D eigenvalue weighted by Gasteiger charge is 2.56. The Morgan fingerprint density at radius 2 is 1.88 bits per heavy atom. The van der Waals surface area contributed by atoms with Gasteiger partial charge in [0.15, 0.2) is 0 Å². The van der Waals surface area contributed by atoms with Gasteiger partial charge in [-0.2, -0.15) is 0 Å². The largest absolute Gasteiger partial charge is 0.317 e. The first-order valence-electron chi connectivity index (χ1n) is 6.89. The minimum atomic E-state index is 0.532. The van der Waals surface area contributed by atoms with Gasteiger partial charge in [-0.05, 0) is 76.2 Å². The van der Waals surface area contributed by atoms with E-state index in [0.29, 0.717) is 15.8 Å². The molecule has 0 aromatic rings. The van der Waals surface area contributed by atoms with E-state index in [-0.39, 0.29) is 0 Å². The molecule has 16 heavy (non-hydrogen) atoms. The van der Waals surface area contributed by atoms with Gasteiger partial charge in [-0.1, -0.05) is 15.9 Å². The summed E-state index contributed by atoms with van der Waals surface area (Å²) in [5.74, 6) is 2.06. The first kappa shape index (κ1) is 11.5. The number of rotatable bonds is 3. The van der Waals surface area contributed by atoms with Crippen LogP contribution in [0.4, 0.5) is 0 Å². The summed E-state index contributed by atoms with van der Waals surface area (Å²) < 4.78 is 0.532. The number of nitrogens with one attached hydrogen (secondary N) is 1. The lowest BCUT2D eigenvalue weighted by Crippen LogP contribution is -2.54. The molecule has 0 radical (unpaired) electrons. The Morgan fingerprint density at radius 1 is 1.25 bits per heavy atom. The third-order valence-corrected chi connectivity index (χ3v) is 6.27. The van der Waals surface area contributed by atoms with Crippen LogP contribution < -0.4 is 5.32 Å². The van der Waals surface area contributed by atoms with Gasteiger partial charge in [-0.3, -0.25) is 0 Å². The van der Waals surface area contributed by atoms with Crippen molar-refractivity contribution in [2.75, 3.05) is 7.05 Å². The molecule has 4 aliphatic rings. The number of alkyl halides is 1. The zero-order valence-corrected chi connectivity index (χ0v) is 12.1. The van der Waals surface area contributed by atoms with Crippen LogP contribution in [-0.2, 0) is 0 Å². The van der Waals surface area contributed by atoms with Crippen molar-refractivity contribution in [3.63, 3.8) is 0 Å². The molecule has 0 heterocycles. The lowest BCUT2D eigenvalue weighted by Gasteiger charge is -2.61. The molecule has 3 unspecified atom stereocenters. The van der Waals surface area contributed by atoms with Crippen molar-refractivity contribution in [2.45, 2.75) is 62.2 Å². The molecule has 4 rings (SSSR count). The van der Waals surface area contributed by atoms with E-state index in [1.807, 2.05) is 0 Å². The summed E-state index contributed by atoms with van der Waals surface area (Å²) in [5, 5.41) is 3.44. The molecule has 4 saturated carbocycles. The molecule has 4 aliphatic carbocycles. The zero-order valence-electron chi connectivity index (χ0n) is 10.6. The van der Waals surface area contributed by atoms with E-state index in [1.54, 1.807) is 0 Å². The molecule has 92 valence electrons. The van der Waals surface area contributed by atoms with Gasteiger partial charge < -0.3 is 5.32 Å². The monoisotopic (exact) mass is 285 g/mol. The standard InChI is InChI=1S/C14H24BrN/c1-10(16-2)4-13-5-11-3-12(6-13)8-14(15,7-11)9-13/h10-12,16H,3-9H2,1-2H3. The van der Waals surface area contributed by atoms with Crippen LogP contribution in [0.2, 0.25) is 0 Å². The molecule has 1 nitrogen and oxygen atoms in total. The fourth-order valence-electron chi connectivity index (χ4n) is 5.33. The Hall–Kier alpha value is 0.440. The molecule has 0 saturated heterocycles. The normalized spacial score (nSPS) is 51.9. The predicted octanol–water partition coefficient (Wildman–Crippen LogP) is 3.72. The van der Waals surface area contributed by atoms with Gasteiger partial charge in [0.05, 0.1) is 0 Å². The van der Waals surface area contributed by atoms with Crippen LogP contribution in [0.3, 0.4) is 0 Å². The number of hydrogen-bond donors (Lipinski definition) is 1. The lowest BCUT2D eigenvalue weighted by molar-refractivity contribution is -0.0439. The fourth-order valence-corrected chi connectivity index (χ4v) is 6.84. The van der Waals surface area contributed by atoms with Gasteiger partial charge in [-0.25, -0.2) is 0 Å². The minimum absolute atomic E-state index is 0.532. The summed E-state index contributed by atoms with van der Waals surface area (Å²) in [4.78, 5) is 0. The molecule has 4 fully saturated rings. The maximum absolute atomic E-state index is 4.08. The van der Waals surface area contributed by atoms with Crippen LogP contribution >= 0.6 is 15.9 Å². The second kappa shape index (κ2) is 3.71. The molecule has 3 atom stereocenters. The van der Waals surface area contributed by atoms with Crippen molar-refractivity contribution in [3.8, 4) is 0 Å². The van der Waals surface area contributed by atoms with Gasteiger partial charge >= 0.3 is 0 Å². The van der Waals surface area contributed by atoms with E-state index in [1.165, 1.54) is 44.9 Å². The van der Waals surface area contributed by atoms with Crippen LogP contribution in [0, 0.1) is 17.3 Å². The Morgan fingerprint density at radius 3 is 2.38 bits per heavy atom. The fraction of sp³-hybridized carbons (Fsp3) is 1.00. The predicted molar refractivity (Wildman–Crippen MR) is 71.9 cm³/mol. The lowest BCUT2D eigenvalue weighted by atomic mass is 9.48. The van der Waals surface area contributed by atoms with Crippen LogP contribution in [-0.4, -0.2) is 17.4 Å². The van der Waals surface area contributed by atoms with Crippen molar-refractivity contribution in [3.05, 3.63) is 0 Å². The second-order valence-electron chi connectivity index (χ2n) is 7.01. The molecule has 0 aromatic carbocycles. The Labute approximate surface area is 108 Å². The maximum Gasteiger partial charge on any atom is 0.0268 e. The van der Waals surface area contributed by atoms with Crippen LogP contribution in [0.5, 0.6) is 0 Å². The average molecular weight is 286 g/mol. The maximum atomic E-state index is 4.08. The SMILES string of the molecule is CNC(C)CC12CC3CC(CC(Br)(C3)C1)C2. The minimum Gasteiger partial charge on any atom is -0.317 e. The molecular weight excluding hydrogens is 262 g/mol. The van der Waals surface area contributed by atoms with Gasteiger partial charge in [-0.15, -0.1) is 0 Å². The zero-order chi connectivity index (χ0) is 11.4. The topological polar surface area (TPSA) is 12.0 Å². The van der Waals surface area contributed by atoms with Crippen molar-refractivity contribution in [2.24, 2.45) is 17.3 Å². The van der Waals surface area contributed by atoms with E-state index < -0.39 is 0 Å². The summed E-state index contributed by atoms with van der Waals surface area (Å²) in [6.07, 6.45) is 10.3. The second-order valence-corrected chi connectivity index (χ2v) is 8.69. The van der Waals surface area contributed by atoms with E-state index in [4.69, 9.17) is 0 Å². The van der Waals surface area contributed by atoms with Crippen molar-refractivity contribution in [1.82, 2.24) is 5.32 Å². The smallest absolute Gasteiger partial charge is 0.0268 e. The third-order valence-electron chi connectivity index (χ3n) is 5.34. The summed E-state index contributed by atoms with van der Waals surface area (Å²) in [6.45, 7) is 2.35. The Kier molecular flexibility index (Phi) is 2.68.